The van der Waals surface area contributed by atoms with E-state index < -0.39 is 0 Å². The molecule has 1 aromatic carbocycles. The standard InChI is InChI=1S/C15H21BrN2O/c1-10-6-4-9-13(14(10)16)15(19)17-18-11(2)7-5-8-12(18)3/h4,6,9,11-12H,5,7-8H2,1-3H3,(H,17,19). The van der Waals surface area contributed by atoms with Crippen LogP contribution in [0.5, 0.6) is 0 Å². The lowest BCUT2D eigenvalue weighted by molar-refractivity contribution is 0.0369. The highest BCUT2D eigenvalue weighted by Gasteiger charge is 2.26. The van der Waals surface area contributed by atoms with Crippen LogP contribution in [0.15, 0.2) is 22.7 Å². The zero-order valence-corrected chi connectivity index (χ0v) is 13.3. The van der Waals surface area contributed by atoms with Crippen molar-refractivity contribution in [3.05, 3.63) is 33.8 Å². The molecular formula is C15H21BrN2O. The largest absolute Gasteiger partial charge is 0.284 e. The van der Waals surface area contributed by atoms with Crippen LogP contribution in [-0.2, 0) is 0 Å². The molecule has 0 aliphatic carbocycles. The molecule has 2 rings (SSSR count). The monoisotopic (exact) mass is 324 g/mol. The highest BCUT2D eigenvalue weighted by Crippen LogP contribution is 2.23. The van der Waals surface area contributed by atoms with Crippen LogP contribution in [0, 0.1) is 6.92 Å². The topological polar surface area (TPSA) is 32.3 Å². The summed E-state index contributed by atoms with van der Waals surface area (Å²) in [6.07, 6.45) is 3.52. The van der Waals surface area contributed by atoms with Crippen molar-refractivity contribution >= 4 is 21.8 Å². The number of hydrazine groups is 1. The molecule has 1 heterocycles. The smallest absolute Gasteiger partial charge is 0.266 e. The van der Waals surface area contributed by atoms with Crippen LogP contribution >= 0.6 is 15.9 Å². The number of hydrogen-bond donors (Lipinski definition) is 1. The van der Waals surface area contributed by atoms with E-state index in [0.29, 0.717) is 17.6 Å². The molecule has 2 unspecified atom stereocenters. The van der Waals surface area contributed by atoms with Crippen LogP contribution in [0.2, 0.25) is 0 Å². The minimum absolute atomic E-state index is 0.0313. The molecule has 19 heavy (non-hydrogen) atoms. The van der Waals surface area contributed by atoms with Crippen molar-refractivity contribution in [2.75, 3.05) is 0 Å². The van der Waals surface area contributed by atoms with Gasteiger partial charge in [-0.25, -0.2) is 5.01 Å². The first-order valence-electron chi connectivity index (χ1n) is 6.85. The van der Waals surface area contributed by atoms with E-state index in [1.54, 1.807) is 0 Å². The number of nitrogens with zero attached hydrogens (tertiary/aromatic N) is 1. The molecular weight excluding hydrogens is 304 g/mol. The van der Waals surface area contributed by atoms with Gasteiger partial charge in [0.25, 0.3) is 5.91 Å². The summed E-state index contributed by atoms with van der Waals surface area (Å²) in [5.41, 5.74) is 4.84. The predicted octanol–water partition coefficient (Wildman–Crippen LogP) is 3.67. The lowest BCUT2D eigenvalue weighted by Crippen LogP contribution is -2.54. The Morgan fingerprint density at radius 2 is 1.95 bits per heavy atom. The summed E-state index contributed by atoms with van der Waals surface area (Å²) in [5.74, 6) is -0.0313. The number of piperidine rings is 1. The van der Waals surface area contributed by atoms with Gasteiger partial charge in [-0.1, -0.05) is 18.6 Å². The van der Waals surface area contributed by atoms with E-state index in [2.05, 4.69) is 40.2 Å². The Balaban J connectivity index is 2.14. The van der Waals surface area contributed by atoms with Crippen molar-refractivity contribution in [3.8, 4) is 0 Å². The number of benzene rings is 1. The minimum atomic E-state index is -0.0313. The van der Waals surface area contributed by atoms with Crippen LogP contribution in [0.25, 0.3) is 0 Å². The molecule has 0 aromatic heterocycles. The van der Waals surface area contributed by atoms with Crippen LogP contribution in [0.1, 0.15) is 49.0 Å². The van der Waals surface area contributed by atoms with Crippen molar-refractivity contribution in [2.24, 2.45) is 0 Å². The Bertz CT molecular complexity index is 465. The van der Waals surface area contributed by atoms with E-state index in [-0.39, 0.29) is 5.91 Å². The molecule has 2 atom stereocenters. The average Bonchev–Trinajstić information content (AvgIpc) is 2.37. The predicted molar refractivity (Wildman–Crippen MR) is 81.0 cm³/mol. The Morgan fingerprint density at radius 1 is 1.32 bits per heavy atom. The second-order valence-corrected chi connectivity index (χ2v) is 6.21. The molecule has 1 N–H and O–H groups in total. The molecule has 4 heteroatoms. The van der Waals surface area contributed by atoms with Crippen molar-refractivity contribution in [1.82, 2.24) is 10.4 Å². The molecule has 104 valence electrons. The van der Waals surface area contributed by atoms with Crippen LogP contribution in [-0.4, -0.2) is 23.0 Å². The Labute approximate surface area is 123 Å². The minimum Gasteiger partial charge on any atom is -0.284 e. The van der Waals surface area contributed by atoms with E-state index >= 15 is 0 Å². The molecule has 0 radical (unpaired) electrons. The maximum absolute atomic E-state index is 12.4. The normalized spacial score (nSPS) is 24.2. The third-order valence-electron chi connectivity index (χ3n) is 3.86. The van der Waals surface area contributed by atoms with E-state index in [4.69, 9.17) is 0 Å². The molecule has 1 amide bonds. The molecule has 3 nitrogen and oxygen atoms in total. The van der Waals surface area contributed by atoms with Gasteiger partial charge >= 0.3 is 0 Å². The zero-order valence-electron chi connectivity index (χ0n) is 11.7. The summed E-state index contributed by atoms with van der Waals surface area (Å²) >= 11 is 3.50. The van der Waals surface area contributed by atoms with E-state index in [0.717, 1.165) is 22.9 Å². The first-order chi connectivity index (χ1) is 9.00. The fourth-order valence-corrected chi connectivity index (χ4v) is 3.09. The SMILES string of the molecule is Cc1cccc(C(=O)NN2C(C)CCCC2C)c1Br. The Morgan fingerprint density at radius 3 is 2.58 bits per heavy atom. The van der Waals surface area contributed by atoms with Crippen LogP contribution in [0.3, 0.4) is 0 Å². The Hall–Kier alpha value is -0.870. The second kappa shape index (κ2) is 6.06. The van der Waals surface area contributed by atoms with E-state index in [9.17, 15) is 4.79 Å². The van der Waals surface area contributed by atoms with Gasteiger partial charge in [-0.2, -0.15) is 0 Å². The maximum Gasteiger partial charge on any atom is 0.266 e. The number of carbonyl (C=O) groups is 1. The van der Waals surface area contributed by atoms with Crippen molar-refractivity contribution in [2.45, 2.75) is 52.1 Å². The molecule has 1 saturated heterocycles. The third kappa shape index (κ3) is 3.18. The number of halogens is 1. The summed E-state index contributed by atoms with van der Waals surface area (Å²) in [5, 5.41) is 2.10. The average molecular weight is 325 g/mol. The summed E-state index contributed by atoms with van der Waals surface area (Å²) < 4.78 is 0.879. The summed E-state index contributed by atoms with van der Waals surface area (Å²) in [6.45, 7) is 6.33. The first-order valence-corrected chi connectivity index (χ1v) is 7.64. The number of carbonyl (C=O) groups excluding carboxylic acids is 1. The molecule has 1 aromatic rings. The fourth-order valence-electron chi connectivity index (χ4n) is 2.64. The van der Waals surface area contributed by atoms with Gasteiger partial charge < -0.3 is 0 Å². The molecule has 0 saturated carbocycles. The summed E-state index contributed by atoms with van der Waals surface area (Å²) in [7, 11) is 0. The second-order valence-electron chi connectivity index (χ2n) is 5.41. The van der Waals surface area contributed by atoms with Crippen LogP contribution < -0.4 is 5.43 Å². The number of amides is 1. The van der Waals surface area contributed by atoms with Gasteiger partial charge in [-0.05, 0) is 61.2 Å². The lowest BCUT2D eigenvalue weighted by Gasteiger charge is -2.38. The zero-order chi connectivity index (χ0) is 14.0. The molecule has 0 bridgehead atoms. The molecule has 1 fully saturated rings. The lowest BCUT2D eigenvalue weighted by atomic mass is 10.00. The van der Waals surface area contributed by atoms with Crippen molar-refractivity contribution < 1.29 is 4.79 Å². The van der Waals surface area contributed by atoms with Gasteiger partial charge in [0.05, 0.1) is 5.56 Å². The van der Waals surface area contributed by atoms with E-state index in [1.165, 1.54) is 6.42 Å². The van der Waals surface area contributed by atoms with Crippen molar-refractivity contribution in [1.29, 1.82) is 0 Å². The van der Waals surface area contributed by atoms with Gasteiger partial charge in [0.15, 0.2) is 0 Å². The molecule has 0 spiro atoms. The number of nitrogens with one attached hydrogen (secondary N) is 1. The summed E-state index contributed by atoms with van der Waals surface area (Å²) in [6, 6.07) is 6.56. The number of hydrogen-bond acceptors (Lipinski definition) is 2. The van der Waals surface area contributed by atoms with Crippen molar-refractivity contribution in [3.63, 3.8) is 0 Å². The molecule has 1 aliphatic rings. The maximum atomic E-state index is 12.4. The van der Waals surface area contributed by atoms with E-state index in [1.807, 2.05) is 25.1 Å². The van der Waals surface area contributed by atoms with Gasteiger partial charge in [0, 0.05) is 16.6 Å². The quantitative estimate of drug-likeness (QED) is 0.900. The highest BCUT2D eigenvalue weighted by molar-refractivity contribution is 9.10. The first kappa shape index (κ1) is 14.5. The van der Waals surface area contributed by atoms with Gasteiger partial charge in [0.1, 0.15) is 0 Å². The highest BCUT2D eigenvalue weighted by atomic mass is 79.9. The summed E-state index contributed by atoms with van der Waals surface area (Å²) in [4.78, 5) is 12.4. The third-order valence-corrected chi connectivity index (χ3v) is 4.91. The fraction of sp³-hybridized carbons (Fsp3) is 0.533. The van der Waals surface area contributed by atoms with Gasteiger partial charge in [-0.3, -0.25) is 10.2 Å². The number of aryl methyl sites for hydroxylation is 1. The molecule has 1 aliphatic heterocycles. The Kier molecular flexibility index (Phi) is 4.63. The van der Waals surface area contributed by atoms with Gasteiger partial charge in [-0.15, -0.1) is 0 Å². The number of rotatable bonds is 2. The van der Waals surface area contributed by atoms with Crippen LogP contribution in [0.4, 0.5) is 0 Å². The van der Waals surface area contributed by atoms with Gasteiger partial charge in [0.2, 0.25) is 0 Å².